The van der Waals surface area contributed by atoms with E-state index in [2.05, 4.69) is 4.98 Å². The Balaban J connectivity index is 1.84. The van der Waals surface area contributed by atoms with Crippen LogP contribution in [-0.4, -0.2) is 72.2 Å². The van der Waals surface area contributed by atoms with Gasteiger partial charge in [-0.05, 0) is 18.9 Å². The minimum Gasteiger partial charge on any atom is -0.366 e. The second-order valence-electron chi connectivity index (χ2n) is 6.00. The molecule has 1 aromatic heterocycles. The zero-order chi connectivity index (χ0) is 17.2. The van der Waals surface area contributed by atoms with E-state index in [0.717, 1.165) is 19.3 Å². The zero-order valence-electron chi connectivity index (χ0n) is 13.4. The van der Waals surface area contributed by atoms with Crippen molar-refractivity contribution < 1.29 is 18.7 Å². The Morgan fingerprint density at radius 1 is 1.04 bits per heavy atom. The summed E-state index contributed by atoms with van der Waals surface area (Å²) in [5, 5.41) is 10.1. The lowest BCUT2D eigenvalue weighted by Gasteiger charge is -2.33. The number of aromatic nitrogens is 1. The van der Waals surface area contributed by atoms with E-state index < -0.39 is 10.0 Å². The first kappa shape index (κ1) is 16.9. The molecule has 3 rings (SSSR count). The maximum absolute atomic E-state index is 13.0. The molecule has 2 fully saturated rings. The largest absolute Gasteiger partial charge is 0.366 e. The summed E-state index contributed by atoms with van der Waals surface area (Å²) in [5.74, 6) is 0. The van der Waals surface area contributed by atoms with Gasteiger partial charge >= 0.3 is 5.03 Å². The molecule has 0 aromatic carbocycles. The number of piperazine rings is 1. The van der Waals surface area contributed by atoms with Gasteiger partial charge < -0.3 is 4.90 Å². The van der Waals surface area contributed by atoms with Gasteiger partial charge in [0, 0.05) is 38.6 Å². The third-order valence-electron chi connectivity index (χ3n) is 4.53. The van der Waals surface area contributed by atoms with Gasteiger partial charge in [-0.3, -0.25) is 4.98 Å². The van der Waals surface area contributed by atoms with Crippen molar-refractivity contribution in [1.82, 2.24) is 14.3 Å². The average Bonchev–Trinajstić information content (AvgIpc) is 2.62. The lowest BCUT2D eigenvalue weighted by molar-refractivity contribution is -0.902. The van der Waals surface area contributed by atoms with Gasteiger partial charge in [0.05, 0.1) is 5.69 Å². The van der Waals surface area contributed by atoms with E-state index in [1.807, 2.05) is 4.90 Å². The lowest BCUT2D eigenvalue weighted by Crippen LogP contribution is -2.49. The Morgan fingerprint density at radius 3 is 2.33 bits per heavy atom. The first-order valence-corrected chi connectivity index (χ1v) is 9.54. The third-order valence-corrected chi connectivity index (χ3v) is 6.45. The maximum Gasteiger partial charge on any atom is 0.357 e. The summed E-state index contributed by atoms with van der Waals surface area (Å²) in [7, 11) is -3.58. The number of rotatable bonds is 4. The van der Waals surface area contributed by atoms with Crippen molar-refractivity contribution in [3.05, 3.63) is 23.4 Å². The summed E-state index contributed by atoms with van der Waals surface area (Å²) in [6.07, 6.45) is 5.79. The van der Waals surface area contributed by atoms with Crippen LogP contribution in [0, 0.1) is 4.91 Å². The number of sulfonamides is 1. The summed E-state index contributed by atoms with van der Waals surface area (Å²) in [6, 6.07) is 1.69. The summed E-state index contributed by atoms with van der Waals surface area (Å²) < 4.78 is 27.5. The molecule has 0 spiro atoms. The van der Waals surface area contributed by atoms with E-state index in [9.17, 15) is 13.3 Å². The third kappa shape index (κ3) is 3.29. The molecule has 0 radical (unpaired) electrons. The van der Waals surface area contributed by atoms with Crippen LogP contribution in [-0.2, 0) is 10.0 Å². The predicted molar refractivity (Wildman–Crippen MR) is 86.0 cm³/mol. The Hall–Kier alpha value is -1.94. The molecule has 0 atom stereocenters. The van der Waals surface area contributed by atoms with Crippen molar-refractivity contribution in [3.8, 4) is 0 Å². The molecule has 2 saturated heterocycles. The van der Waals surface area contributed by atoms with Crippen molar-refractivity contribution in [3.63, 3.8) is 0 Å². The minimum absolute atomic E-state index is 0.157. The second-order valence-corrected chi connectivity index (χ2v) is 7.91. The molecular formula is C14H22N5O4S+. The smallest absolute Gasteiger partial charge is 0.357 e. The van der Waals surface area contributed by atoms with Gasteiger partial charge in [0.1, 0.15) is 22.9 Å². The van der Waals surface area contributed by atoms with Crippen molar-refractivity contribution in [2.75, 3.05) is 44.2 Å². The molecule has 0 saturated carbocycles. The SMILES string of the molecule is O=[N+](O)N1CCN(c2ccncc2S(=O)(=O)N2CCCCC2)CC1. The fourth-order valence-electron chi connectivity index (χ4n) is 3.18. The molecule has 2 aliphatic heterocycles. The highest BCUT2D eigenvalue weighted by Crippen LogP contribution is 2.29. The number of nitrogens with zero attached hydrogens (tertiary/aromatic N) is 5. The molecule has 24 heavy (non-hydrogen) atoms. The Kier molecular flexibility index (Phi) is 4.86. The monoisotopic (exact) mass is 356 g/mol. The Labute approximate surface area is 141 Å². The van der Waals surface area contributed by atoms with Crippen LogP contribution in [0.2, 0.25) is 0 Å². The minimum atomic E-state index is -3.58. The first-order chi connectivity index (χ1) is 11.5. The number of anilines is 1. The molecule has 1 N–H and O–H groups in total. The van der Waals surface area contributed by atoms with Gasteiger partial charge in [0.25, 0.3) is 0 Å². The Bertz CT molecular complexity index is 697. The van der Waals surface area contributed by atoms with Gasteiger partial charge in [0.15, 0.2) is 0 Å². The molecule has 10 heteroatoms. The van der Waals surface area contributed by atoms with Crippen LogP contribution < -0.4 is 4.90 Å². The van der Waals surface area contributed by atoms with Gasteiger partial charge in [0.2, 0.25) is 10.0 Å². The van der Waals surface area contributed by atoms with Crippen molar-refractivity contribution in [1.29, 1.82) is 0 Å². The Morgan fingerprint density at radius 2 is 1.71 bits per heavy atom. The summed E-state index contributed by atoms with van der Waals surface area (Å²) in [5.41, 5.74) is 0.602. The predicted octanol–water partition coefficient (Wildman–Crippen LogP) is 0.461. The molecule has 3 heterocycles. The lowest BCUT2D eigenvalue weighted by atomic mass is 10.2. The number of pyridine rings is 1. The van der Waals surface area contributed by atoms with Crippen LogP contribution in [0.25, 0.3) is 0 Å². The first-order valence-electron chi connectivity index (χ1n) is 8.10. The number of piperidine rings is 1. The van der Waals surface area contributed by atoms with E-state index in [0.29, 0.717) is 45.0 Å². The molecule has 0 unspecified atom stereocenters. The molecular weight excluding hydrogens is 334 g/mol. The van der Waals surface area contributed by atoms with Crippen LogP contribution in [0.1, 0.15) is 19.3 Å². The normalized spacial score (nSPS) is 20.2. The van der Waals surface area contributed by atoms with Gasteiger partial charge in [-0.15, -0.1) is 0 Å². The quantitative estimate of drug-likeness (QED) is 0.783. The highest BCUT2D eigenvalue weighted by atomic mass is 32.2. The molecule has 0 amide bonds. The van der Waals surface area contributed by atoms with Crippen LogP contribution in [0.3, 0.4) is 0 Å². The van der Waals surface area contributed by atoms with Crippen LogP contribution in [0.4, 0.5) is 5.69 Å². The highest BCUT2D eigenvalue weighted by molar-refractivity contribution is 7.89. The van der Waals surface area contributed by atoms with Gasteiger partial charge in [-0.1, -0.05) is 11.4 Å². The topological polar surface area (TPSA) is 97.1 Å². The molecule has 1 aromatic rings. The second kappa shape index (κ2) is 6.89. The van der Waals surface area contributed by atoms with E-state index >= 15 is 0 Å². The standard InChI is InChI=1S/C14H22N5O4S/c20-19(21)17-10-8-16(9-11-17)13-4-5-15-12-14(13)24(22,23)18-6-2-1-3-7-18/h4-5,12H,1-3,6-11H2,(H,20,21)/q+1. The molecule has 0 aliphatic carbocycles. The number of hydrogen-bond acceptors (Lipinski definition) is 5. The summed E-state index contributed by atoms with van der Waals surface area (Å²) in [4.78, 5) is 17.1. The maximum atomic E-state index is 13.0. The average molecular weight is 356 g/mol. The fraction of sp³-hybridized carbons (Fsp3) is 0.643. The van der Waals surface area contributed by atoms with Crippen molar-refractivity contribution in [2.24, 2.45) is 0 Å². The number of hydrogen-bond donors (Lipinski definition) is 1. The van der Waals surface area contributed by atoms with E-state index in [1.165, 1.54) is 15.5 Å². The molecule has 0 bridgehead atoms. The number of hydrazine groups is 1. The van der Waals surface area contributed by atoms with Gasteiger partial charge in [-0.2, -0.15) is 4.31 Å². The van der Waals surface area contributed by atoms with E-state index in [1.54, 1.807) is 12.3 Å². The fourth-order valence-corrected chi connectivity index (χ4v) is 4.86. The summed E-state index contributed by atoms with van der Waals surface area (Å²) in [6.45, 7) is 2.63. The van der Waals surface area contributed by atoms with Crippen LogP contribution >= 0.6 is 0 Å². The van der Waals surface area contributed by atoms with Crippen LogP contribution in [0.15, 0.2) is 23.4 Å². The zero-order valence-corrected chi connectivity index (χ0v) is 14.2. The van der Waals surface area contributed by atoms with Crippen molar-refractivity contribution in [2.45, 2.75) is 24.2 Å². The van der Waals surface area contributed by atoms with Crippen LogP contribution in [0.5, 0.6) is 0 Å². The summed E-state index contributed by atoms with van der Waals surface area (Å²) >= 11 is 0. The van der Waals surface area contributed by atoms with Gasteiger partial charge in [-0.25, -0.2) is 13.6 Å². The van der Waals surface area contributed by atoms with E-state index in [-0.39, 0.29) is 9.93 Å². The van der Waals surface area contributed by atoms with Crippen molar-refractivity contribution >= 4 is 15.7 Å². The molecule has 9 nitrogen and oxygen atoms in total. The molecule has 132 valence electrons. The molecule has 2 aliphatic rings. The highest BCUT2D eigenvalue weighted by Gasteiger charge is 2.32. The van der Waals surface area contributed by atoms with E-state index in [4.69, 9.17) is 5.21 Å².